The summed E-state index contributed by atoms with van der Waals surface area (Å²) in [7, 11) is 0. The number of carbonyl (C=O) groups is 3. The Balaban J connectivity index is 2.94. The SMILES string of the molecule is CCCCCCCN(NC(N)=O)C(=O)C(C)(Cc1ccccc1)NC(=O)O. The second-order valence-corrected chi connectivity index (χ2v) is 6.77. The first-order valence-corrected chi connectivity index (χ1v) is 9.21. The molecule has 0 fully saturated rings. The molecule has 0 spiro atoms. The molecule has 0 aromatic heterocycles. The van der Waals surface area contributed by atoms with Gasteiger partial charge in [-0.15, -0.1) is 0 Å². The van der Waals surface area contributed by atoms with Crippen molar-refractivity contribution >= 4 is 18.0 Å². The van der Waals surface area contributed by atoms with E-state index in [1.54, 1.807) is 0 Å². The van der Waals surface area contributed by atoms with Gasteiger partial charge in [0.1, 0.15) is 5.54 Å². The van der Waals surface area contributed by atoms with Crippen LogP contribution in [0, 0.1) is 0 Å². The van der Waals surface area contributed by atoms with Crippen molar-refractivity contribution in [1.82, 2.24) is 15.8 Å². The number of unbranched alkanes of at least 4 members (excludes halogenated alkanes) is 4. The molecule has 1 aromatic rings. The lowest BCUT2D eigenvalue weighted by Gasteiger charge is -2.34. The predicted octanol–water partition coefficient (Wildman–Crippen LogP) is 2.64. The lowest BCUT2D eigenvalue weighted by atomic mass is 9.91. The Morgan fingerprint density at radius 2 is 1.74 bits per heavy atom. The van der Waals surface area contributed by atoms with Crippen LogP contribution in [0.25, 0.3) is 0 Å². The van der Waals surface area contributed by atoms with Crippen LogP contribution >= 0.6 is 0 Å². The molecule has 1 rings (SSSR count). The maximum absolute atomic E-state index is 13.1. The molecule has 0 aliphatic rings. The van der Waals surface area contributed by atoms with Gasteiger partial charge in [-0.05, 0) is 18.9 Å². The van der Waals surface area contributed by atoms with Crippen molar-refractivity contribution in [2.75, 3.05) is 6.54 Å². The molecule has 0 saturated carbocycles. The fourth-order valence-electron chi connectivity index (χ4n) is 2.93. The molecule has 0 aliphatic carbocycles. The van der Waals surface area contributed by atoms with Gasteiger partial charge in [-0.3, -0.25) is 9.80 Å². The summed E-state index contributed by atoms with van der Waals surface area (Å²) in [6.45, 7) is 3.87. The summed E-state index contributed by atoms with van der Waals surface area (Å²) in [6, 6.07) is 8.22. The number of carbonyl (C=O) groups excluding carboxylic acids is 2. The minimum absolute atomic E-state index is 0.145. The molecular formula is C19H30N4O4. The Morgan fingerprint density at radius 1 is 1.11 bits per heavy atom. The molecule has 8 heteroatoms. The van der Waals surface area contributed by atoms with Gasteiger partial charge >= 0.3 is 12.1 Å². The third-order valence-electron chi connectivity index (χ3n) is 4.23. The Hall–Kier alpha value is -2.77. The summed E-state index contributed by atoms with van der Waals surface area (Å²) in [5, 5.41) is 12.6. The zero-order chi connectivity index (χ0) is 20.3. The molecule has 0 heterocycles. The van der Waals surface area contributed by atoms with E-state index < -0.39 is 23.6 Å². The quantitative estimate of drug-likeness (QED) is 0.369. The number of hydrazine groups is 1. The van der Waals surface area contributed by atoms with Crippen LogP contribution in [0.3, 0.4) is 0 Å². The number of amides is 4. The van der Waals surface area contributed by atoms with Crippen molar-refractivity contribution in [1.29, 1.82) is 0 Å². The lowest BCUT2D eigenvalue weighted by Crippen LogP contribution is -2.63. The topological polar surface area (TPSA) is 125 Å². The lowest BCUT2D eigenvalue weighted by molar-refractivity contribution is -0.140. The third-order valence-corrected chi connectivity index (χ3v) is 4.23. The van der Waals surface area contributed by atoms with Crippen molar-refractivity contribution in [2.24, 2.45) is 5.73 Å². The zero-order valence-electron chi connectivity index (χ0n) is 16.0. The molecule has 8 nitrogen and oxygen atoms in total. The number of carboxylic acid groups (broad SMARTS) is 1. The van der Waals surface area contributed by atoms with Crippen LogP contribution in [0.1, 0.15) is 51.5 Å². The number of hydrogen-bond donors (Lipinski definition) is 4. The summed E-state index contributed by atoms with van der Waals surface area (Å²) >= 11 is 0. The number of urea groups is 1. The van der Waals surface area contributed by atoms with Gasteiger partial charge in [0, 0.05) is 13.0 Å². The largest absolute Gasteiger partial charge is 0.465 e. The molecule has 1 aromatic carbocycles. The molecule has 1 atom stereocenters. The van der Waals surface area contributed by atoms with Gasteiger partial charge in [-0.25, -0.2) is 15.0 Å². The minimum atomic E-state index is -1.45. The van der Waals surface area contributed by atoms with Gasteiger partial charge in [0.15, 0.2) is 0 Å². The second-order valence-electron chi connectivity index (χ2n) is 6.77. The van der Waals surface area contributed by atoms with Crippen molar-refractivity contribution in [2.45, 2.75) is 57.9 Å². The Bertz CT molecular complexity index is 623. The van der Waals surface area contributed by atoms with Crippen LogP contribution in [0.15, 0.2) is 30.3 Å². The van der Waals surface area contributed by atoms with Crippen molar-refractivity contribution in [3.05, 3.63) is 35.9 Å². The average Bonchev–Trinajstić information content (AvgIpc) is 2.59. The van der Waals surface area contributed by atoms with Crippen LogP contribution < -0.4 is 16.5 Å². The highest BCUT2D eigenvalue weighted by molar-refractivity contribution is 5.91. The number of hydrogen-bond acceptors (Lipinski definition) is 3. The van der Waals surface area contributed by atoms with E-state index in [2.05, 4.69) is 17.7 Å². The van der Waals surface area contributed by atoms with E-state index in [0.29, 0.717) is 6.42 Å². The van der Waals surface area contributed by atoms with E-state index in [-0.39, 0.29) is 13.0 Å². The molecule has 0 bridgehead atoms. The fourth-order valence-corrected chi connectivity index (χ4v) is 2.93. The van der Waals surface area contributed by atoms with E-state index in [9.17, 15) is 19.5 Å². The van der Waals surface area contributed by atoms with Gasteiger partial charge in [-0.2, -0.15) is 0 Å². The van der Waals surface area contributed by atoms with Crippen LogP contribution in [0.4, 0.5) is 9.59 Å². The number of nitrogens with zero attached hydrogens (tertiary/aromatic N) is 1. The molecule has 150 valence electrons. The molecule has 27 heavy (non-hydrogen) atoms. The molecule has 1 unspecified atom stereocenters. The summed E-state index contributed by atoms with van der Waals surface area (Å²) in [4.78, 5) is 35.7. The maximum Gasteiger partial charge on any atom is 0.405 e. The molecule has 5 N–H and O–H groups in total. The van der Waals surface area contributed by atoms with Crippen molar-refractivity contribution in [3.8, 4) is 0 Å². The predicted molar refractivity (Wildman–Crippen MR) is 103 cm³/mol. The minimum Gasteiger partial charge on any atom is -0.465 e. The average molecular weight is 378 g/mol. The van der Waals surface area contributed by atoms with E-state index in [1.807, 2.05) is 30.3 Å². The summed E-state index contributed by atoms with van der Waals surface area (Å²) < 4.78 is 0. The summed E-state index contributed by atoms with van der Waals surface area (Å²) in [5.74, 6) is -0.553. The van der Waals surface area contributed by atoms with Gasteiger partial charge in [0.25, 0.3) is 5.91 Å². The Morgan fingerprint density at radius 3 is 2.30 bits per heavy atom. The number of rotatable bonds is 10. The first-order valence-electron chi connectivity index (χ1n) is 9.21. The highest BCUT2D eigenvalue weighted by Gasteiger charge is 2.39. The molecule has 0 aliphatic heterocycles. The van der Waals surface area contributed by atoms with Gasteiger partial charge < -0.3 is 16.2 Å². The van der Waals surface area contributed by atoms with Crippen LogP contribution in [0.5, 0.6) is 0 Å². The third kappa shape index (κ3) is 7.98. The molecule has 4 amide bonds. The van der Waals surface area contributed by atoms with Gasteiger partial charge in [0.2, 0.25) is 0 Å². The highest BCUT2D eigenvalue weighted by Crippen LogP contribution is 2.17. The molecule has 0 radical (unpaired) electrons. The first kappa shape index (κ1) is 22.3. The van der Waals surface area contributed by atoms with Crippen LogP contribution in [-0.4, -0.2) is 40.2 Å². The number of nitrogens with two attached hydrogens (primary N) is 1. The standard InChI is InChI=1S/C19H30N4O4/c1-3-4-5-6-10-13-23(22-17(20)25)16(24)19(2,21-18(26)27)14-15-11-8-7-9-12-15/h7-9,11-12,21H,3-6,10,13-14H2,1-2H3,(H,26,27)(H3,20,22,25). The summed E-state index contributed by atoms with van der Waals surface area (Å²) in [6.07, 6.45) is 3.64. The van der Waals surface area contributed by atoms with Crippen molar-refractivity contribution < 1.29 is 19.5 Å². The normalized spacial score (nSPS) is 12.7. The van der Waals surface area contributed by atoms with Crippen LogP contribution in [0.2, 0.25) is 0 Å². The van der Waals surface area contributed by atoms with E-state index in [4.69, 9.17) is 5.73 Å². The van der Waals surface area contributed by atoms with Crippen LogP contribution in [-0.2, 0) is 11.2 Å². The number of nitrogens with one attached hydrogen (secondary N) is 2. The fraction of sp³-hybridized carbons (Fsp3) is 0.526. The Kier molecular flexibility index (Phi) is 9.12. The highest BCUT2D eigenvalue weighted by atomic mass is 16.4. The maximum atomic E-state index is 13.1. The van der Waals surface area contributed by atoms with Gasteiger partial charge in [0.05, 0.1) is 0 Å². The second kappa shape index (κ2) is 11.1. The van der Waals surface area contributed by atoms with E-state index >= 15 is 0 Å². The molecular weight excluding hydrogens is 348 g/mol. The first-order chi connectivity index (χ1) is 12.8. The smallest absolute Gasteiger partial charge is 0.405 e. The number of primary amides is 1. The van der Waals surface area contributed by atoms with E-state index in [0.717, 1.165) is 36.3 Å². The zero-order valence-corrected chi connectivity index (χ0v) is 16.0. The summed E-state index contributed by atoms with van der Waals surface area (Å²) in [5.41, 5.74) is 6.87. The van der Waals surface area contributed by atoms with Gasteiger partial charge in [-0.1, -0.05) is 62.9 Å². The number of benzene rings is 1. The Labute approximate surface area is 160 Å². The van der Waals surface area contributed by atoms with E-state index in [1.165, 1.54) is 6.92 Å². The molecule has 0 saturated heterocycles. The van der Waals surface area contributed by atoms with Crippen molar-refractivity contribution in [3.63, 3.8) is 0 Å². The monoisotopic (exact) mass is 378 g/mol.